The first-order valence-corrected chi connectivity index (χ1v) is 9.95. The number of nitrogens with one attached hydrogen (secondary N) is 2. The summed E-state index contributed by atoms with van der Waals surface area (Å²) in [5, 5.41) is 2.83. The van der Waals surface area contributed by atoms with E-state index in [2.05, 4.69) is 10.0 Å². The second-order valence-corrected chi connectivity index (χ2v) is 8.29. The van der Waals surface area contributed by atoms with Crippen molar-refractivity contribution in [1.29, 1.82) is 0 Å². The molecule has 0 aliphatic carbocycles. The molecule has 1 aliphatic heterocycles. The molecule has 2 aromatic rings. The number of amides is 1. The van der Waals surface area contributed by atoms with Crippen LogP contribution in [0.5, 0.6) is 11.5 Å². The first-order valence-electron chi connectivity index (χ1n) is 8.46. The fraction of sp³-hybridized carbons (Fsp3) is 0.316. The van der Waals surface area contributed by atoms with Crippen LogP contribution in [0, 0.1) is 5.92 Å². The molecule has 0 saturated carbocycles. The van der Waals surface area contributed by atoms with Gasteiger partial charge in [0.1, 0.15) is 16.4 Å². The van der Waals surface area contributed by atoms with Crippen molar-refractivity contribution in [3.63, 3.8) is 0 Å². The van der Waals surface area contributed by atoms with Crippen molar-refractivity contribution in [2.45, 2.75) is 24.7 Å². The number of carbonyl (C=O) groups is 1. The van der Waals surface area contributed by atoms with Gasteiger partial charge in [0.15, 0.2) is 0 Å². The Morgan fingerprint density at radius 2 is 1.81 bits per heavy atom. The van der Waals surface area contributed by atoms with E-state index in [0.29, 0.717) is 17.1 Å². The molecule has 3 rings (SSSR count). The quantitative estimate of drug-likeness (QED) is 0.790. The fourth-order valence-corrected chi connectivity index (χ4v) is 4.45. The van der Waals surface area contributed by atoms with Gasteiger partial charge in [-0.1, -0.05) is 13.8 Å². The van der Waals surface area contributed by atoms with Crippen molar-refractivity contribution < 1.29 is 22.7 Å². The monoisotopic (exact) mass is 390 g/mol. The normalized spacial score (nSPS) is 16.0. The van der Waals surface area contributed by atoms with Gasteiger partial charge in [0.2, 0.25) is 5.91 Å². The maximum Gasteiger partial charge on any atom is 0.265 e. The van der Waals surface area contributed by atoms with Crippen molar-refractivity contribution in [3.05, 3.63) is 42.0 Å². The highest BCUT2D eigenvalue weighted by Gasteiger charge is 2.33. The van der Waals surface area contributed by atoms with Crippen molar-refractivity contribution in [2.24, 2.45) is 5.92 Å². The zero-order valence-electron chi connectivity index (χ0n) is 15.6. The summed E-state index contributed by atoms with van der Waals surface area (Å²) >= 11 is 0. The van der Waals surface area contributed by atoms with E-state index in [0.717, 1.165) is 5.56 Å². The van der Waals surface area contributed by atoms with Crippen LogP contribution in [-0.4, -0.2) is 28.5 Å². The second kappa shape index (κ2) is 7.11. The van der Waals surface area contributed by atoms with E-state index < -0.39 is 10.0 Å². The van der Waals surface area contributed by atoms with Crippen LogP contribution in [0.25, 0.3) is 0 Å². The molecule has 1 amide bonds. The summed E-state index contributed by atoms with van der Waals surface area (Å²) in [6.45, 7) is 3.91. The van der Waals surface area contributed by atoms with E-state index in [1.54, 1.807) is 24.3 Å². The number of rotatable bonds is 6. The molecule has 0 saturated heterocycles. The first kappa shape index (κ1) is 19.0. The second-order valence-electron chi connectivity index (χ2n) is 6.64. The third-order valence-corrected chi connectivity index (χ3v) is 5.91. The van der Waals surface area contributed by atoms with Gasteiger partial charge in [-0.15, -0.1) is 0 Å². The Labute approximate surface area is 158 Å². The van der Waals surface area contributed by atoms with Crippen molar-refractivity contribution in [2.75, 3.05) is 24.3 Å². The number of methoxy groups -OCH3 is 2. The molecule has 144 valence electrons. The molecule has 2 aromatic carbocycles. The van der Waals surface area contributed by atoms with E-state index in [9.17, 15) is 13.2 Å². The maximum absolute atomic E-state index is 12.9. The standard InChI is InChI=1S/C19H22N2O5S/c1-11(2)18-14-9-12(5-7-15(14)20-19(18)22)21-27(23,24)17-10-13(25-3)6-8-16(17)26-4/h5-11,18,21H,1-4H3,(H,20,22). The lowest BCUT2D eigenvalue weighted by molar-refractivity contribution is -0.117. The van der Waals surface area contributed by atoms with Gasteiger partial charge >= 0.3 is 0 Å². The SMILES string of the molecule is COc1ccc(OC)c(S(=O)(=O)Nc2ccc3c(c2)C(C(C)C)C(=O)N3)c1. The van der Waals surface area contributed by atoms with E-state index in [1.165, 1.54) is 26.4 Å². The van der Waals surface area contributed by atoms with Gasteiger partial charge in [-0.2, -0.15) is 0 Å². The molecule has 8 heteroatoms. The average molecular weight is 390 g/mol. The van der Waals surface area contributed by atoms with Gasteiger partial charge < -0.3 is 14.8 Å². The maximum atomic E-state index is 12.9. The molecule has 0 radical (unpaired) electrons. The average Bonchev–Trinajstić information content (AvgIpc) is 2.96. The minimum absolute atomic E-state index is 0.0283. The minimum atomic E-state index is -3.92. The third-order valence-electron chi connectivity index (χ3n) is 4.51. The Morgan fingerprint density at radius 1 is 1.07 bits per heavy atom. The highest BCUT2D eigenvalue weighted by Crippen LogP contribution is 2.39. The molecule has 1 atom stereocenters. The lowest BCUT2D eigenvalue weighted by atomic mass is 9.89. The summed E-state index contributed by atoms with van der Waals surface area (Å²) in [5.41, 5.74) is 1.87. The molecule has 1 heterocycles. The molecule has 2 N–H and O–H groups in total. The zero-order valence-corrected chi connectivity index (χ0v) is 16.4. The molecular weight excluding hydrogens is 368 g/mol. The van der Waals surface area contributed by atoms with Gasteiger partial charge in [0.25, 0.3) is 10.0 Å². The van der Waals surface area contributed by atoms with Crippen LogP contribution >= 0.6 is 0 Å². The van der Waals surface area contributed by atoms with E-state index in [1.807, 2.05) is 13.8 Å². The molecular formula is C19H22N2O5S. The largest absolute Gasteiger partial charge is 0.497 e. The number of sulfonamides is 1. The van der Waals surface area contributed by atoms with Crippen LogP contribution in [0.4, 0.5) is 11.4 Å². The molecule has 1 aliphatic rings. The minimum Gasteiger partial charge on any atom is -0.497 e. The summed E-state index contributed by atoms with van der Waals surface area (Å²) in [7, 11) is -1.05. The van der Waals surface area contributed by atoms with Gasteiger partial charge in [-0.3, -0.25) is 9.52 Å². The number of ether oxygens (including phenoxy) is 2. The van der Waals surface area contributed by atoms with Crippen molar-refractivity contribution >= 4 is 27.3 Å². The summed E-state index contributed by atoms with van der Waals surface area (Å²) < 4.78 is 38.7. The molecule has 0 aromatic heterocycles. The van der Waals surface area contributed by atoms with Gasteiger partial charge in [0.05, 0.1) is 20.1 Å². The highest BCUT2D eigenvalue weighted by molar-refractivity contribution is 7.92. The van der Waals surface area contributed by atoms with Crippen molar-refractivity contribution in [3.8, 4) is 11.5 Å². The molecule has 0 fully saturated rings. The smallest absolute Gasteiger partial charge is 0.265 e. The summed E-state index contributed by atoms with van der Waals surface area (Å²) in [4.78, 5) is 12.1. The van der Waals surface area contributed by atoms with Crippen LogP contribution in [0.1, 0.15) is 25.3 Å². The lowest BCUT2D eigenvalue weighted by Crippen LogP contribution is -2.17. The molecule has 0 spiro atoms. The molecule has 7 nitrogen and oxygen atoms in total. The highest BCUT2D eigenvalue weighted by atomic mass is 32.2. The number of benzene rings is 2. The van der Waals surface area contributed by atoms with Crippen LogP contribution in [-0.2, 0) is 14.8 Å². The number of fused-ring (bicyclic) bond motifs is 1. The Kier molecular flexibility index (Phi) is 5.01. The number of hydrogen-bond acceptors (Lipinski definition) is 5. The first-order chi connectivity index (χ1) is 12.8. The Morgan fingerprint density at radius 3 is 2.44 bits per heavy atom. The van der Waals surface area contributed by atoms with E-state index in [4.69, 9.17) is 9.47 Å². The third kappa shape index (κ3) is 3.57. The topological polar surface area (TPSA) is 93.7 Å². The molecule has 1 unspecified atom stereocenters. The van der Waals surface area contributed by atoms with Gasteiger partial charge in [-0.25, -0.2) is 8.42 Å². The van der Waals surface area contributed by atoms with Gasteiger partial charge in [0, 0.05) is 17.4 Å². The van der Waals surface area contributed by atoms with Crippen LogP contribution < -0.4 is 19.5 Å². The molecule has 0 bridgehead atoms. The van der Waals surface area contributed by atoms with E-state index in [-0.39, 0.29) is 28.4 Å². The Hall–Kier alpha value is -2.74. The predicted molar refractivity (Wildman–Crippen MR) is 103 cm³/mol. The zero-order chi connectivity index (χ0) is 19.8. The predicted octanol–water partition coefficient (Wildman–Crippen LogP) is 3.20. The molecule has 27 heavy (non-hydrogen) atoms. The van der Waals surface area contributed by atoms with Gasteiger partial charge in [-0.05, 0) is 41.8 Å². The van der Waals surface area contributed by atoms with Crippen molar-refractivity contribution in [1.82, 2.24) is 0 Å². The number of anilines is 2. The fourth-order valence-electron chi connectivity index (χ4n) is 3.22. The summed E-state index contributed by atoms with van der Waals surface area (Å²) in [5.74, 6) is 0.322. The number of carbonyl (C=O) groups excluding carboxylic acids is 1. The Bertz CT molecular complexity index is 986. The van der Waals surface area contributed by atoms with E-state index >= 15 is 0 Å². The summed E-state index contributed by atoms with van der Waals surface area (Å²) in [6, 6.07) is 9.58. The Balaban J connectivity index is 1.98. The van der Waals surface area contributed by atoms with Crippen LogP contribution in [0.15, 0.2) is 41.3 Å². The lowest BCUT2D eigenvalue weighted by Gasteiger charge is -2.15. The van der Waals surface area contributed by atoms with Crippen LogP contribution in [0.2, 0.25) is 0 Å². The summed E-state index contributed by atoms with van der Waals surface area (Å²) in [6.07, 6.45) is 0. The number of hydrogen-bond donors (Lipinski definition) is 2. The van der Waals surface area contributed by atoms with Crippen LogP contribution in [0.3, 0.4) is 0 Å².